The molecular weight excluding hydrogens is 298 g/mol. The van der Waals surface area contributed by atoms with E-state index in [1.807, 2.05) is 23.9 Å². The molecule has 3 heteroatoms. The molecule has 21 heavy (non-hydrogen) atoms. The van der Waals surface area contributed by atoms with Gasteiger partial charge in [0.05, 0.1) is 5.02 Å². The average molecular weight is 326 g/mol. The molecule has 1 atom stereocenters. The third kappa shape index (κ3) is 5.84. The van der Waals surface area contributed by atoms with Crippen LogP contribution in [-0.4, -0.2) is 18.3 Å². The van der Waals surface area contributed by atoms with Crippen molar-refractivity contribution >= 4 is 23.4 Å². The predicted molar refractivity (Wildman–Crippen MR) is 95.4 cm³/mol. The molecule has 1 fully saturated rings. The standard InChI is InChI=1S/C18H28ClNS/c1-2-13-20-17(15-9-5-3-4-6-10-15)14-21-18-12-8-7-11-16(18)19/h7-8,11-12,15,17,20H,2-6,9-10,13-14H2,1H3. The van der Waals surface area contributed by atoms with Crippen LogP contribution >= 0.6 is 23.4 Å². The normalized spacial score (nSPS) is 18.4. The lowest BCUT2D eigenvalue weighted by atomic mass is 9.93. The number of nitrogens with one attached hydrogen (secondary N) is 1. The van der Waals surface area contributed by atoms with Gasteiger partial charge in [0.25, 0.3) is 0 Å². The van der Waals surface area contributed by atoms with Crippen LogP contribution in [0, 0.1) is 5.92 Å². The lowest BCUT2D eigenvalue weighted by Crippen LogP contribution is -2.38. The Kier molecular flexibility index (Phi) is 7.98. The summed E-state index contributed by atoms with van der Waals surface area (Å²) in [6.45, 7) is 3.38. The van der Waals surface area contributed by atoms with Gasteiger partial charge in [-0.15, -0.1) is 11.8 Å². The Morgan fingerprint density at radius 3 is 2.57 bits per heavy atom. The lowest BCUT2D eigenvalue weighted by Gasteiger charge is -2.27. The Balaban J connectivity index is 1.93. The van der Waals surface area contributed by atoms with E-state index in [0.717, 1.165) is 23.2 Å². The molecule has 0 saturated heterocycles. The molecule has 1 unspecified atom stereocenters. The van der Waals surface area contributed by atoms with Crippen LogP contribution in [0.1, 0.15) is 51.9 Å². The van der Waals surface area contributed by atoms with Crippen LogP contribution in [0.2, 0.25) is 5.02 Å². The summed E-state index contributed by atoms with van der Waals surface area (Å²) in [5.41, 5.74) is 0. The molecule has 0 spiro atoms. The molecule has 1 nitrogen and oxygen atoms in total. The first kappa shape index (κ1) is 17.2. The molecule has 2 rings (SSSR count). The Morgan fingerprint density at radius 2 is 1.90 bits per heavy atom. The van der Waals surface area contributed by atoms with E-state index in [-0.39, 0.29) is 0 Å². The third-order valence-electron chi connectivity index (χ3n) is 4.38. The zero-order valence-corrected chi connectivity index (χ0v) is 14.7. The van der Waals surface area contributed by atoms with Gasteiger partial charge in [-0.1, -0.05) is 56.3 Å². The number of hydrogen-bond acceptors (Lipinski definition) is 2. The summed E-state index contributed by atoms with van der Waals surface area (Å²) in [6, 6.07) is 8.84. The smallest absolute Gasteiger partial charge is 0.0541 e. The molecular formula is C18H28ClNS. The van der Waals surface area contributed by atoms with Gasteiger partial charge in [0.2, 0.25) is 0 Å². The molecule has 1 N–H and O–H groups in total. The Labute approximate surface area is 139 Å². The molecule has 1 saturated carbocycles. The molecule has 1 aliphatic carbocycles. The molecule has 0 aromatic heterocycles. The number of benzene rings is 1. The highest BCUT2D eigenvalue weighted by molar-refractivity contribution is 7.99. The maximum atomic E-state index is 6.28. The van der Waals surface area contributed by atoms with Crippen molar-refractivity contribution in [2.45, 2.75) is 62.8 Å². The predicted octanol–water partition coefficient (Wildman–Crippen LogP) is 5.77. The van der Waals surface area contributed by atoms with E-state index in [0.29, 0.717) is 6.04 Å². The van der Waals surface area contributed by atoms with Crippen molar-refractivity contribution in [3.63, 3.8) is 0 Å². The van der Waals surface area contributed by atoms with Crippen LogP contribution in [0.25, 0.3) is 0 Å². The van der Waals surface area contributed by atoms with Crippen molar-refractivity contribution in [1.29, 1.82) is 0 Å². The van der Waals surface area contributed by atoms with Gasteiger partial charge < -0.3 is 5.32 Å². The molecule has 0 radical (unpaired) electrons. The van der Waals surface area contributed by atoms with Gasteiger partial charge >= 0.3 is 0 Å². The van der Waals surface area contributed by atoms with Gasteiger partial charge in [-0.05, 0) is 43.9 Å². The van der Waals surface area contributed by atoms with Crippen LogP contribution in [0.5, 0.6) is 0 Å². The van der Waals surface area contributed by atoms with Crippen LogP contribution in [0.15, 0.2) is 29.2 Å². The minimum Gasteiger partial charge on any atom is -0.313 e. The second-order valence-electron chi connectivity index (χ2n) is 6.05. The van der Waals surface area contributed by atoms with E-state index in [4.69, 9.17) is 11.6 Å². The van der Waals surface area contributed by atoms with Crippen molar-refractivity contribution in [3.05, 3.63) is 29.3 Å². The molecule has 1 aromatic rings. The van der Waals surface area contributed by atoms with Crippen LogP contribution in [0.4, 0.5) is 0 Å². The average Bonchev–Trinajstić information content (AvgIpc) is 2.78. The Hall–Kier alpha value is -0.180. The minimum absolute atomic E-state index is 0.629. The summed E-state index contributed by atoms with van der Waals surface area (Å²) < 4.78 is 0. The summed E-state index contributed by atoms with van der Waals surface area (Å²) in [5, 5.41) is 4.68. The summed E-state index contributed by atoms with van der Waals surface area (Å²) >= 11 is 8.19. The van der Waals surface area contributed by atoms with Crippen molar-refractivity contribution in [3.8, 4) is 0 Å². The number of rotatable bonds is 7. The van der Waals surface area contributed by atoms with Crippen LogP contribution in [-0.2, 0) is 0 Å². The fraction of sp³-hybridized carbons (Fsp3) is 0.667. The second kappa shape index (κ2) is 9.76. The van der Waals surface area contributed by atoms with Crippen LogP contribution < -0.4 is 5.32 Å². The summed E-state index contributed by atoms with van der Waals surface area (Å²) in [4.78, 5) is 1.22. The topological polar surface area (TPSA) is 12.0 Å². The zero-order chi connectivity index (χ0) is 14.9. The molecule has 0 amide bonds. The van der Waals surface area contributed by atoms with E-state index >= 15 is 0 Å². The van der Waals surface area contributed by atoms with E-state index in [1.54, 1.807) is 0 Å². The first-order chi connectivity index (χ1) is 10.3. The largest absolute Gasteiger partial charge is 0.313 e. The molecule has 1 aliphatic rings. The van der Waals surface area contributed by atoms with E-state index < -0.39 is 0 Å². The number of thioether (sulfide) groups is 1. The van der Waals surface area contributed by atoms with Crippen molar-refractivity contribution in [2.24, 2.45) is 5.92 Å². The van der Waals surface area contributed by atoms with Crippen molar-refractivity contribution in [2.75, 3.05) is 12.3 Å². The minimum atomic E-state index is 0.629. The number of halogens is 1. The highest BCUT2D eigenvalue weighted by Crippen LogP contribution is 2.31. The summed E-state index contributed by atoms with van der Waals surface area (Å²) in [6.07, 6.45) is 9.66. The van der Waals surface area contributed by atoms with Gasteiger partial charge in [-0.2, -0.15) is 0 Å². The van der Waals surface area contributed by atoms with Crippen LogP contribution in [0.3, 0.4) is 0 Å². The van der Waals surface area contributed by atoms with Crippen molar-refractivity contribution in [1.82, 2.24) is 5.32 Å². The second-order valence-corrected chi connectivity index (χ2v) is 7.52. The summed E-state index contributed by atoms with van der Waals surface area (Å²) in [5.74, 6) is 1.98. The van der Waals surface area contributed by atoms with Gasteiger partial charge in [0.1, 0.15) is 0 Å². The maximum Gasteiger partial charge on any atom is 0.0541 e. The summed E-state index contributed by atoms with van der Waals surface area (Å²) in [7, 11) is 0. The number of hydrogen-bond donors (Lipinski definition) is 1. The van der Waals surface area contributed by atoms with E-state index in [1.165, 1.54) is 49.8 Å². The molecule has 118 valence electrons. The van der Waals surface area contributed by atoms with Gasteiger partial charge in [-0.3, -0.25) is 0 Å². The van der Waals surface area contributed by atoms with E-state index in [2.05, 4.69) is 24.4 Å². The first-order valence-corrected chi connectivity index (χ1v) is 9.78. The van der Waals surface area contributed by atoms with E-state index in [9.17, 15) is 0 Å². The molecule has 0 aliphatic heterocycles. The quantitative estimate of drug-likeness (QED) is 0.504. The maximum absolute atomic E-state index is 6.28. The van der Waals surface area contributed by atoms with Gasteiger partial charge in [0, 0.05) is 16.7 Å². The Bertz CT molecular complexity index is 402. The van der Waals surface area contributed by atoms with Gasteiger partial charge in [0.15, 0.2) is 0 Å². The fourth-order valence-electron chi connectivity index (χ4n) is 3.15. The Morgan fingerprint density at radius 1 is 1.19 bits per heavy atom. The lowest BCUT2D eigenvalue weighted by molar-refractivity contribution is 0.343. The molecule has 0 bridgehead atoms. The fourth-order valence-corrected chi connectivity index (χ4v) is 4.58. The highest BCUT2D eigenvalue weighted by Gasteiger charge is 2.22. The van der Waals surface area contributed by atoms with Crippen molar-refractivity contribution < 1.29 is 0 Å². The highest BCUT2D eigenvalue weighted by atomic mass is 35.5. The monoisotopic (exact) mass is 325 g/mol. The van der Waals surface area contributed by atoms with Gasteiger partial charge in [-0.25, -0.2) is 0 Å². The SMILES string of the molecule is CCCNC(CSc1ccccc1Cl)C1CCCCCC1. The third-order valence-corrected chi connectivity index (χ3v) is 6.01. The first-order valence-electron chi connectivity index (χ1n) is 8.42. The molecule has 1 aromatic carbocycles. The molecule has 0 heterocycles. The zero-order valence-electron chi connectivity index (χ0n) is 13.1.